The van der Waals surface area contributed by atoms with Crippen LogP contribution in [-0.2, 0) is 16.1 Å². The van der Waals surface area contributed by atoms with Crippen molar-refractivity contribution in [2.75, 3.05) is 7.11 Å². The van der Waals surface area contributed by atoms with Crippen LogP contribution in [-0.4, -0.2) is 35.8 Å². The van der Waals surface area contributed by atoms with Crippen LogP contribution >= 0.6 is 11.6 Å². The minimum absolute atomic E-state index is 0.231. The molecule has 0 bridgehead atoms. The molecule has 1 aromatic rings. The van der Waals surface area contributed by atoms with Crippen LogP contribution in [0.5, 0.6) is 5.75 Å². The first-order valence-electron chi connectivity index (χ1n) is 6.52. The minimum atomic E-state index is -0.633. The van der Waals surface area contributed by atoms with Crippen LogP contribution < -0.4 is 10.1 Å². The van der Waals surface area contributed by atoms with E-state index in [2.05, 4.69) is 5.32 Å². The van der Waals surface area contributed by atoms with Gasteiger partial charge in [0, 0.05) is 22.6 Å². The highest BCUT2D eigenvalue weighted by atomic mass is 35.5. The maximum Gasteiger partial charge on any atom is 0.255 e. The molecular weight excluding hydrogens is 296 g/mol. The number of hydrogen-bond donors (Lipinski definition) is 1. The summed E-state index contributed by atoms with van der Waals surface area (Å²) >= 11 is 5.98. The lowest BCUT2D eigenvalue weighted by Gasteiger charge is -2.29. The van der Waals surface area contributed by atoms with Gasteiger partial charge < -0.3 is 9.64 Å². The van der Waals surface area contributed by atoms with E-state index in [1.807, 2.05) is 0 Å². The van der Waals surface area contributed by atoms with Gasteiger partial charge in [-0.3, -0.25) is 19.7 Å². The maximum atomic E-state index is 12.5. The van der Waals surface area contributed by atoms with Crippen molar-refractivity contribution in [2.24, 2.45) is 0 Å². The van der Waals surface area contributed by atoms with Crippen molar-refractivity contribution in [1.29, 1.82) is 0 Å². The Labute approximate surface area is 126 Å². The van der Waals surface area contributed by atoms with E-state index in [9.17, 15) is 14.4 Å². The number of imide groups is 1. The third-order valence-electron chi connectivity index (χ3n) is 3.80. The standard InChI is InChI=1S/C14H13ClN2O4/c1-21-11-5-7(15)4-8-9(11)6-17(14(8)20)10-2-3-12(18)16-13(10)19/h4-5,10H,2-3,6H2,1H3,(H,16,18,19). The van der Waals surface area contributed by atoms with Crippen molar-refractivity contribution in [3.63, 3.8) is 0 Å². The van der Waals surface area contributed by atoms with Crippen LogP contribution in [0.15, 0.2) is 12.1 Å². The summed E-state index contributed by atoms with van der Waals surface area (Å²) in [5.74, 6) is -0.473. The summed E-state index contributed by atoms with van der Waals surface area (Å²) in [7, 11) is 1.51. The van der Waals surface area contributed by atoms with E-state index in [4.69, 9.17) is 16.3 Å². The fraction of sp³-hybridized carbons (Fsp3) is 0.357. The average molecular weight is 309 g/mol. The molecule has 0 saturated carbocycles. The van der Waals surface area contributed by atoms with Gasteiger partial charge in [-0.25, -0.2) is 0 Å². The average Bonchev–Trinajstić information content (AvgIpc) is 2.76. The molecular formula is C14H13ClN2O4. The first kappa shape index (κ1) is 13.9. The second kappa shape index (κ2) is 5.04. The fourth-order valence-corrected chi connectivity index (χ4v) is 2.98. The molecule has 1 N–H and O–H groups in total. The Balaban J connectivity index is 1.93. The van der Waals surface area contributed by atoms with Gasteiger partial charge in [-0.15, -0.1) is 0 Å². The lowest BCUT2D eigenvalue weighted by Crippen LogP contribution is -2.52. The molecule has 1 saturated heterocycles. The van der Waals surface area contributed by atoms with Gasteiger partial charge >= 0.3 is 0 Å². The molecule has 0 radical (unpaired) electrons. The van der Waals surface area contributed by atoms with Gasteiger partial charge in [0.05, 0.1) is 13.7 Å². The zero-order chi connectivity index (χ0) is 15.1. The Morgan fingerprint density at radius 1 is 1.33 bits per heavy atom. The number of rotatable bonds is 2. The normalized spacial score (nSPS) is 21.3. The summed E-state index contributed by atoms with van der Waals surface area (Å²) in [4.78, 5) is 37.1. The van der Waals surface area contributed by atoms with Gasteiger partial charge in [0.25, 0.3) is 5.91 Å². The highest BCUT2D eigenvalue weighted by Crippen LogP contribution is 2.35. The van der Waals surface area contributed by atoms with Crippen LogP contribution in [0.1, 0.15) is 28.8 Å². The molecule has 1 unspecified atom stereocenters. The molecule has 0 aromatic heterocycles. The third-order valence-corrected chi connectivity index (χ3v) is 4.02. The van der Waals surface area contributed by atoms with Crippen molar-refractivity contribution in [3.8, 4) is 5.75 Å². The molecule has 6 nitrogen and oxygen atoms in total. The molecule has 0 aliphatic carbocycles. The monoisotopic (exact) mass is 308 g/mol. The van der Waals surface area contributed by atoms with E-state index in [1.165, 1.54) is 12.0 Å². The largest absolute Gasteiger partial charge is 0.496 e. The van der Waals surface area contributed by atoms with Crippen LogP contribution in [0.3, 0.4) is 0 Å². The lowest BCUT2D eigenvalue weighted by molar-refractivity contribution is -0.136. The number of carbonyl (C=O) groups excluding carboxylic acids is 3. The summed E-state index contributed by atoms with van der Waals surface area (Å²) < 4.78 is 5.25. The molecule has 110 valence electrons. The first-order chi connectivity index (χ1) is 10.0. The summed E-state index contributed by atoms with van der Waals surface area (Å²) in [6.45, 7) is 0.279. The number of benzene rings is 1. The number of piperidine rings is 1. The molecule has 3 amide bonds. The van der Waals surface area contributed by atoms with E-state index >= 15 is 0 Å². The Morgan fingerprint density at radius 2 is 2.10 bits per heavy atom. The predicted octanol–water partition coefficient (Wildman–Crippen LogP) is 1.11. The zero-order valence-electron chi connectivity index (χ0n) is 11.3. The van der Waals surface area contributed by atoms with Crippen molar-refractivity contribution >= 4 is 29.3 Å². The third kappa shape index (κ3) is 2.25. The number of halogens is 1. The van der Waals surface area contributed by atoms with Crippen molar-refractivity contribution in [3.05, 3.63) is 28.3 Å². The van der Waals surface area contributed by atoms with Crippen molar-refractivity contribution in [1.82, 2.24) is 10.2 Å². The topological polar surface area (TPSA) is 75.7 Å². The molecule has 2 aliphatic heterocycles. The molecule has 21 heavy (non-hydrogen) atoms. The molecule has 7 heteroatoms. The van der Waals surface area contributed by atoms with E-state index in [0.29, 0.717) is 22.8 Å². The molecule has 2 heterocycles. The molecule has 1 fully saturated rings. The zero-order valence-corrected chi connectivity index (χ0v) is 12.1. The van der Waals surface area contributed by atoms with Gasteiger partial charge in [0.2, 0.25) is 11.8 Å². The number of fused-ring (bicyclic) bond motifs is 1. The second-order valence-corrected chi connectivity index (χ2v) is 5.47. The Kier molecular flexibility index (Phi) is 3.33. The van der Waals surface area contributed by atoms with Gasteiger partial charge in [-0.05, 0) is 18.6 Å². The predicted molar refractivity (Wildman–Crippen MR) is 74.0 cm³/mol. The van der Waals surface area contributed by atoms with Gasteiger partial charge in [0.15, 0.2) is 0 Å². The molecule has 3 rings (SSSR count). The van der Waals surface area contributed by atoms with E-state index in [-0.39, 0.29) is 24.8 Å². The number of amides is 3. The van der Waals surface area contributed by atoms with Crippen molar-refractivity contribution < 1.29 is 19.1 Å². The van der Waals surface area contributed by atoms with Crippen LogP contribution in [0, 0.1) is 0 Å². The Hall–Kier alpha value is -2.08. The maximum absolute atomic E-state index is 12.5. The van der Waals surface area contributed by atoms with E-state index in [0.717, 1.165) is 5.56 Å². The number of hydrogen-bond acceptors (Lipinski definition) is 4. The van der Waals surface area contributed by atoms with Crippen LogP contribution in [0.4, 0.5) is 0 Å². The van der Waals surface area contributed by atoms with Gasteiger partial charge in [-0.2, -0.15) is 0 Å². The minimum Gasteiger partial charge on any atom is -0.496 e. The summed E-state index contributed by atoms with van der Waals surface area (Å²) in [5.41, 5.74) is 1.17. The fourth-order valence-electron chi connectivity index (χ4n) is 2.78. The van der Waals surface area contributed by atoms with E-state index < -0.39 is 11.9 Å². The number of nitrogens with zero attached hydrogens (tertiary/aromatic N) is 1. The number of nitrogens with one attached hydrogen (secondary N) is 1. The smallest absolute Gasteiger partial charge is 0.255 e. The summed E-state index contributed by atoms with van der Waals surface area (Å²) in [5, 5.41) is 2.67. The van der Waals surface area contributed by atoms with Gasteiger partial charge in [-0.1, -0.05) is 11.6 Å². The molecule has 2 aliphatic rings. The summed E-state index contributed by atoms with van der Waals surface area (Å²) in [6, 6.07) is 2.58. The Bertz CT molecular complexity index is 659. The van der Waals surface area contributed by atoms with Crippen LogP contribution in [0.2, 0.25) is 5.02 Å². The molecule has 1 aromatic carbocycles. The van der Waals surface area contributed by atoms with E-state index in [1.54, 1.807) is 12.1 Å². The number of carbonyl (C=O) groups is 3. The summed E-state index contributed by atoms with van der Waals surface area (Å²) in [6.07, 6.45) is 0.564. The van der Waals surface area contributed by atoms with Gasteiger partial charge in [0.1, 0.15) is 11.8 Å². The highest BCUT2D eigenvalue weighted by molar-refractivity contribution is 6.31. The number of methoxy groups -OCH3 is 1. The lowest BCUT2D eigenvalue weighted by atomic mass is 10.0. The second-order valence-electron chi connectivity index (χ2n) is 5.03. The quantitative estimate of drug-likeness (QED) is 0.830. The first-order valence-corrected chi connectivity index (χ1v) is 6.90. The molecule has 1 atom stereocenters. The SMILES string of the molecule is COc1cc(Cl)cc2c1CN(C1CCC(=O)NC1=O)C2=O. The Morgan fingerprint density at radius 3 is 2.76 bits per heavy atom. The van der Waals surface area contributed by atoms with Crippen LogP contribution in [0.25, 0.3) is 0 Å². The van der Waals surface area contributed by atoms with Crippen molar-refractivity contribution in [2.45, 2.75) is 25.4 Å². The number of ether oxygens (including phenoxy) is 1. The highest BCUT2D eigenvalue weighted by Gasteiger charge is 2.40. The molecule has 0 spiro atoms.